The molecule has 0 radical (unpaired) electrons. The van der Waals surface area contributed by atoms with Crippen LogP contribution in [0, 0.1) is 0 Å². The predicted octanol–water partition coefficient (Wildman–Crippen LogP) is 3.25. The second kappa shape index (κ2) is 12.9. The fourth-order valence-corrected chi connectivity index (χ4v) is 4.45. The first kappa shape index (κ1) is 26.2. The van der Waals surface area contributed by atoms with Gasteiger partial charge in [0.05, 0.1) is 32.0 Å². The highest BCUT2D eigenvalue weighted by molar-refractivity contribution is 5.90. The molecule has 2 aromatic carbocycles. The maximum atomic E-state index is 12.1. The zero-order valence-corrected chi connectivity index (χ0v) is 20.3. The van der Waals surface area contributed by atoms with Crippen LogP contribution in [0.15, 0.2) is 48.5 Å². The number of ether oxygens (including phenoxy) is 3. The summed E-state index contributed by atoms with van der Waals surface area (Å²) in [7, 11) is 0. The highest BCUT2D eigenvalue weighted by Crippen LogP contribution is 2.38. The lowest BCUT2D eigenvalue weighted by atomic mass is 9.99. The van der Waals surface area contributed by atoms with Crippen LogP contribution in [0.4, 0.5) is 5.69 Å². The molecular formula is C27H34N2O7. The van der Waals surface area contributed by atoms with Crippen molar-refractivity contribution in [1.82, 2.24) is 4.90 Å². The number of rotatable bonds is 10. The van der Waals surface area contributed by atoms with E-state index in [1.807, 2.05) is 36.4 Å². The van der Waals surface area contributed by atoms with Gasteiger partial charge < -0.3 is 29.7 Å². The number of carbonyl (C=O) groups excluding carboxylic acids is 1. The molecule has 2 aromatic rings. The maximum Gasteiger partial charge on any atom is 0.303 e. The van der Waals surface area contributed by atoms with Crippen molar-refractivity contribution in [2.45, 2.75) is 50.8 Å². The first-order chi connectivity index (χ1) is 17.5. The van der Waals surface area contributed by atoms with Gasteiger partial charge in [0.1, 0.15) is 0 Å². The van der Waals surface area contributed by atoms with E-state index in [0.29, 0.717) is 12.1 Å². The fraction of sp³-hybridized carbons (Fsp3) is 0.481. The van der Waals surface area contributed by atoms with Gasteiger partial charge in [-0.25, -0.2) is 0 Å². The molecule has 0 bridgehead atoms. The minimum absolute atomic E-state index is 0.000355. The molecule has 4 rings (SSSR count). The molecule has 3 atom stereocenters. The summed E-state index contributed by atoms with van der Waals surface area (Å²) < 4.78 is 18.2. The topological polar surface area (TPSA) is 118 Å². The third kappa shape index (κ3) is 7.59. The van der Waals surface area contributed by atoms with Crippen LogP contribution in [-0.2, 0) is 30.4 Å². The fourth-order valence-electron chi connectivity index (χ4n) is 4.45. The molecule has 1 amide bonds. The van der Waals surface area contributed by atoms with Crippen molar-refractivity contribution >= 4 is 17.6 Å². The monoisotopic (exact) mass is 498 g/mol. The van der Waals surface area contributed by atoms with E-state index in [1.54, 1.807) is 12.1 Å². The van der Waals surface area contributed by atoms with Gasteiger partial charge in [0.15, 0.2) is 6.29 Å². The third-order valence-corrected chi connectivity index (χ3v) is 6.44. The Morgan fingerprint density at radius 1 is 0.944 bits per heavy atom. The highest BCUT2D eigenvalue weighted by atomic mass is 16.7. The normalized spacial score (nSPS) is 22.8. The van der Waals surface area contributed by atoms with Crippen LogP contribution in [0.1, 0.15) is 54.8 Å². The van der Waals surface area contributed by atoms with E-state index in [2.05, 4.69) is 10.2 Å². The lowest BCUT2D eigenvalue weighted by Crippen LogP contribution is -2.44. The van der Waals surface area contributed by atoms with E-state index >= 15 is 0 Å². The Morgan fingerprint density at radius 3 is 2.31 bits per heavy atom. The molecule has 2 heterocycles. The number of benzene rings is 2. The molecule has 0 aromatic heterocycles. The van der Waals surface area contributed by atoms with Crippen LogP contribution in [0.5, 0.6) is 0 Å². The summed E-state index contributed by atoms with van der Waals surface area (Å²) in [4.78, 5) is 25.1. The SMILES string of the molecule is O=C(O)CCCC(=O)Nc1ccc([C@@H]2O[C@H](CN3CCOCC3)C[C@H](c3ccc(CO)cc3)O2)cc1. The van der Waals surface area contributed by atoms with Gasteiger partial charge in [0, 0.05) is 50.1 Å². The van der Waals surface area contributed by atoms with Crippen molar-refractivity contribution in [3.8, 4) is 0 Å². The van der Waals surface area contributed by atoms with Crippen LogP contribution < -0.4 is 5.32 Å². The average molecular weight is 499 g/mol. The number of hydrogen-bond donors (Lipinski definition) is 3. The number of carbonyl (C=O) groups is 2. The average Bonchev–Trinajstić information content (AvgIpc) is 2.89. The molecule has 2 fully saturated rings. The Kier molecular flexibility index (Phi) is 9.43. The van der Waals surface area contributed by atoms with Crippen molar-refractivity contribution in [2.75, 3.05) is 38.2 Å². The van der Waals surface area contributed by atoms with E-state index < -0.39 is 12.3 Å². The quantitative estimate of drug-likeness (QED) is 0.457. The van der Waals surface area contributed by atoms with Crippen molar-refractivity contribution in [3.63, 3.8) is 0 Å². The van der Waals surface area contributed by atoms with Crippen molar-refractivity contribution in [1.29, 1.82) is 0 Å². The Hall–Kier alpha value is -2.82. The molecule has 2 aliphatic rings. The number of hydrogen-bond acceptors (Lipinski definition) is 7. The molecule has 9 heteroatoms. The number of nitrogens with zero attached hydrogens (tertiary/aromatic N) is 1. The number of aliphatic hydroxyl groups excluding tert-OH is 1. The van der Waals surface area contributed by atoms with Gasteiger partial charge in [-0.1, -0.05) is 36.4 Å². The Labute approximate surface area is 211 Å². The van der Waals surface area contributed by atoms with Crippen LogP contribution in [0.3, 0.4) is 0 Å². The van der Waals surface area contributed by atoms with Gasteiger partial charge in [-0.05, 0) is 29.7 Å². The van der Waals surface area contributed by atoms with Gasteiger partial charge in [0.25, 0.3) is 0 Å². The Bertz CT molecular complexity index is 990. The van der Waals surface area contributed by atoms with Crippen LogP contribution in [-0.4, -0.2) is 65.9 Å². The van der Waals surface area contributed by atoms with Crippen molar-refractivity contribution in [3.05, 3.63) is 65.2 Å². The smallest absolute Gasteiger partial charge is 0.303 e. The van der Waals surface area contributed by atoms with E-state index in [1.165, 1.54) is 0 Å². The number of aliphatic carboxylic acids is 1. The molecular weight excluding hydrogens is 464 g/mol. The summed E-state index contributed by atoms with van der Waals surface area (Å²) in [5.41, 5.74) is 3.38. The first-order valence-corrected chi connectivity index (χ1v) is 12.4. The summed E-state index contributed by atoms with van der Waals surface area (Å²) >= 11 is 0. The zero-order chi connectivity index (χ0) is 25.3. The molecule has 2 saturated heterocycles. The molecule has 2 aliphatic heterocycles. The molecule has 0 aliphatic carbocycles. The second-order valence-corrected chi connectivity index (χ2v) is 9.18. The molecule has 0 saturated carbocycles. The summed E-state index contributed by atoms with van der Waals surface area (Å²) in [6.07, 6.45) is 0.397. The van der Waals surface area contributed by atoms with E-state index in [-0.39, 0.29) is 37.6 Å². The summed E-state index contributed by atoms with van der Waals surface area (Å²) in [6, 6.07) is 15.2. The predicted molar refractivity (Wildman–Crippen MR) is 132 cm³/mol. The first-order valence-electron chi connectivity index (χ1n) is 12.4. The molecule has 194 valence electrons. The number of morpholine rings is 1. The van der Waals surface area contributed by atoms with Gasteiger partial charge in [-0.2, -0.15) is 0 Å². The molecule has 36 heavy (non-hydrogen) atoms. The number of aliphatic hydroxyl groups is 1. The minimum Gasteiger partial charge on any atom is -0.481 e. The van der Waals surface area contributed by atoms with Crippen LogP contribution in [0.2, 0.25) is 0 Å². The van der Waals surface area contributed by atoms with Crippen LogP contribution in [0.25, 0.3) is 0 Å². The summed E-state index contributed by atoms with van der Waals surface area (Å²) in [5, 5.41) is 20.9. The highest BCUT2D eigenvalue weighted by Gasteiger charge is 2.33. The molecule has 0 unspecified atom stereocenters. The molecule has 9 nitrogen and oxygen atoms in total. The lowest BCUT2D eigenvalue weighted by molar-refractivity contribution is -0.253. The standard InChI is InChI=1S/C27H34N2O7/c30-18-19-4-6-20(7-5-19)24-16-23(17-29-12-14-34-15-13-29)35-27(36-24)21-8-10-22(11-9-21)28-25(31)2-1-3-26(32)33/h4-11,23-24,27,30H,1-3,12-18H2,(H,28,31)(H,32,33)/t23-,24+,27+/m0/s1. The minimum atomic E-state index is -0.908. The van der Waals surface area contributed by atoms with Gasteiger partial charge in [0.2, 0.25) is 5.91 Å². The van der Waals surface area contributed by atoms with E-state index in [9.17, 15) is 14.7 Å². The van der Waals surface area contributed by atoms with Gasteiger partial charge in [-0.3, -0.25) is 14.5 Å². The molecule has 3 N–H and O–H groups in total. The second-order valence-electron chi connectivity index (χ2n) is 9.18. The van der Waals surface area contributed by atoms with E-state index in [4.69, 9.17) is 19.3 Å². The maximum absolute atomic E-state index is 12.1. The van der Waals surface area contributed by atoms with Gasteiger partial charge >= 0.3 is 5.97 Å². The lowest BCUT2D eigenvalue weighted by Gasteiger charge is -2.39. The Balaban J connectivity index is 1.43. The molecule has 0 spiro atoms. The Morgan fingerprint density at radius 2 is 1.64 bits per heavy atom. The number of amides is 1. The number of carboxylic acid groups (broad SMARTS) is 1. The largest absolute Gasteiger partial charge is 0.481 e. The van der Waals surface area contributed by atoms with Crippen LogP contribution >= 0.6 is 0 Å². The van der Waals surface area contributed by atoms with Crippen molar-refractivity contribution < 1.29 is 34.0 Å². The zero-order valence-electron chi connectivity index (χ0n) is 20.3. The number of anilines is 1. The van der Waals surface area contributed by atoms with Gasteiger partial charge in [-0.15, -0.1) is 0 Å². The number of nitrogens with one attached hydrogen (secondary N) is 1. The van der Waals surface area contributed by atoms with E-state index in [0.717, 1.165) is 56.0 Å². The number of carboxylic acids is 1. The third-order valence-electron chi connectivity index (χ3n) is 6.44. The summed E-state index contributed by atoms with van der Waals surface area (Å²) in [5.74, 6) is -1.12. The van der Waals surface area contributed by atoms with Crippen molar-refractivity contribution in [2.24, 2.45) is 0 Å². The summed E-state index contributed by atoms with van der Waals surface area (Å²) in [6.45, 7) is 3.99.